The molecule has 1 heterocycles. The van der Waals surface area contributed by atoms with Gasteiger partial charge in [-0.1, -0.05) is 24.3 Å². The van der Waals surface area contributed by atoms with Gasteiger partial charge in [0.15, 0.2) is 6.29 Å². The molecule has 3 heteroatoms. The second-order valence-electron chi connectivity index (χ2n) is 3.54. The predicted molar refractivity (Wildman–Crippen MR) is 51.7 cm³/mol. The summed E-state index contributed by atoms with van der Waals surface area (Å²) < 4.78 is 0. The van der Waals surface area contributed by atoms with Crippen LogP contribution in [0.15, 0.2) is 24.3 Å². The first-order chi connectivity index (χ1) is 6.74. The first-order valence-corrected chi connectivity index (χ1v) is 4.51. The Balaban J connectivity index is 2.44. The number of aldehydes is 1. The van der Waals surface area contributed by atoms with Crippen LogP contribution in [0.25, 0.3) is 0 Å². The van der Waals surface area contributed by atoms with Crippen LogP contribution in [-0.4, -0.2) is 24.0 Å². The number of carbonyl (C=O) groups is 2. The van der Waals surface area contributed by atoms with Gasteiger partial charge in [0.05, 0.1) is 0 Å². The Kier molecular flexibility index (Phi) is 2.17. The van der Waals surface area contributed by atoms with E-state index in [9.17, 15) is 9.59 Å². The minimum atomic E-state index is -0.372. The first kappa shape index (κ1) is 9.09. The highest BCUT2D eigenvalue weighted by Gasteiger charge is 2.32. The summed E-state index contributed by atoms with van der Waals surface area (Å²) >= 11 is 0. The van der Waals surface area contributed by atoms with E-state index in [0.717, 1.165) is 17.7 Å². The first-order valence-electron chi connectivity index (χ1n) is 4.51. The van der Waals surface area contributed by atoms with Crippen molar-refractivity contribution in [3.8, 4) is 0 Å². The molecule has 2 rings (SSSR count). The van der Waals surface area contributed by atoms with Gasteiger partial charge in [-0.25, -0.2) is 0 Å². The SMILES string of the molecule is CN1Cc2ccccc2C1C(=O)C=O. The summed E-state index contributed by atoms with van der Waals surface area (Å²) in [5.41, 5.74) is 2.10. The summed E-state index contributed by atoms with van der Waals surface area (Å²) in [7, 11) is 1.85. The van der Waals surface area contributed by atoms with Gasteiger partial charge in [-0.3, -0.25) is 14.5 Å². The van der Waals surface area contributed by atoms with Crippen LogP contribution in [0.4, 0.5) is 0 Å². The number of benzene rings is 1. The maximum Gasteiger partial charge on any atom is 0.216 e. The lowest BCUT2D eigenvalue weighted by atomic mass is 10.0. The summed E-state index contributed by atoms with van der Waals surface area (Å²) in [5, 5.41) is 0. The van der Waals surface area contributed by atoms with Gasteiger partial charge < -0.3 is 0 Å². The lowest BCUT2D eigenvalue weighted by Crippen LogP contribution is -2.25. The van der Waals surface area contributed by atoms with Crippen LogP contribution in [0.3, 0.4) is 0 Å². The van der Waals surface area contributed by atoms with Crippen LogP contribution in [0.1, 0.15) is 17.2 Å². The third-order valence-electron chi connectivity index (χ3n) is 2.60. The molecule has 3 nitrogen and oxygen atoms in total. The summed E-state index contributed by atoms with van der Waals surface area (Å²) in [6.45, 7) is 0.737. The molecule has 1 aliphatic rings. The Bertz CT molecular complexity index is 387. The molecule has 0 bridgehead atoms. The molecule has 0 amide bonds. The van der Waals surface area contributed by atoms with E-state index in [0.29, 0.717) is 6.29 Å². The maximum atomic E-state index is 11.4. The van der Waals surface area contributed by atoms with Crippen molar-refractivity contribution >= 4 is 12.1 Å². The van der Waals surface area contributed by atoms with Crippen LogP contribution in [0, 0.1) is 0 Å². The second-order valence-corrected chi connectivity index (χ2v) is 3.54. The highest BCUT2D eigenvalue weighted by atomic mass is 16.2. The van der Waals surface area contributed by atoms with Crippen LogP contribution >= 0.6 is 0 Å². The maximum absolute atomic E-state index is 11.4. The molecule has 0 fully saturated rings. The third-order valence-corrected chi connectivity index (χ3v) is 2.60. The van der Waals surface area contributed by atoms with Crippen LogP contribution < -0.4 is 0 Å². The van der Waals surface area contributed by atoms with E-state index >= 15 is 0 Å². The average molecular weight is 189 g/mol. The Morgan fingerprint density at radius 2 is 2.21 bits per heavy atom. The monoisotopic (exact) mass is 189 g/mol. The molecule has 1 unspecified atom stereocenters. The number of likely N-dealkylation sites (N-methyl/N-ethyl adjacent to an activating group) is 1. The Morgan fingerprint density at radius 1 is 1.50 bits per heavy atom. The molecule has 1 atom stereocenters. The molecule has 0 saturated carbocycles. The fourth-order valence-corrected chi connectivity index (χ4v) is 1.98. The van der Waals surface area contributed by atoms with E-state index in [1.165, 1.54) is 0 Å². The molecule has 1 aromatic carbocycles. The quantitative estimate of drug-likeness (QED) is 0.513. The molecule has 72 valence electrons. The molecular weight excluding hydrogens is 178 g/mol. The average Bonchev–Trinajstić information content (AvgIpc) is 2.53. The highest BCUT2D eigenvalue weighted by molar-refractivity contribution is 6.27. The number of hydrogen-bond donors (Lipinski definition) is 0. The second kappa shape index (κ2) is 3.35. The van der Waals surface area contributed by atoms with Gasteiger partial charge in [-0.05, 0) is 18.2 Å². The molecule has 0 aromatic heterocycles. The number of ketones is 1. The Morgan fingerprint density at radius 3 is 2.93 bits per heavy atom. The van der Waals surface area contributed by atoms with Gasteiger partial charge in [0.25, 0.3) is 0 Å². The zero-order valence-electron chi connectivity index (χ0n) is 7.93. The molecule has 0 spiro atoms. The zero-order chi connectivity index (χ0) is 10.1. The number of fused-ring (bicyclic) bond motifs is 1. The van der Waals surface area contributed by atoms with Crippen molar-refractivity contribution in [2.45, 2.75) is 12.6 Å². The van der Waals surface area contributed by atoms with Crippen molar-refractivity contribution in [3.63, 3.8) is 0 Å². The fourth-order valence-electron chi connectivity index (χ4n) is 1.98. The molecular formula is C11H11NO2. The topological polar surface area (TPSA) is 37.4 Å². The van der Waals surface area contributed by atoms with Crippen molar-refractivity contribution in [3.05, 3.63) is 35.4 Å². The lowest BCUT2D eigenvalue weighted by Gasteiger charge is -2.15. The summed E-state index contributed by atoms with van der Waals surface area (Å²) in [6, 6.07) is 7.36. The van der Waals surface area contributed by atoms with Gasteiger partial charge in [0, 0.05) is 6.54 Å². The Labute approximate surface area is 82.3 Å². The van der Waals surface area contributed by atoms with Gasteiger partial charge in [-0.15, -0.1) is 0 Å². The molecule has 0 saturated heterocycles. The zero-order valence-corrected chi connectivity index (χ0v) is 7.93. The van der Waals surface area contributed by atoms with E-state index in [-0.39, 0.29) is 11.8 Å². The summed E-state index contributed by atoms with van der Waals surface area (Å²) in [6.07, 6.45) is 0.406. The van der Waals surface area contributed by atoms with Crippen molar-refractivity contribution in [1.29, 1.82) is 0 Å². The fraction of sp³-hybridized carbons (Fsp3) is 0.273. The largest absolute Gasteiger partial charge is 0.295 e. The molecule has 0 radical (unpaired) electrons. The Hall–Kier alpha value is -1.48. The van der Waals surface area contributed by atoms with E-state index in [4.69, 9.17) is 0 Å². The lowest BCUT2D eigenvalue weighted by molar-refractivity contribution is -0.133. The minimum Gasteiger partial charge on any atom is -0.295 e. The standard InChI is InChI=1S/C11H11NO2/c1-12-6-8-4-2-3-5-9(8)11(12)10(14)7-13/h2-5,7,11H,6H2,1H3. The smallest absolute Gasteiger partial charge is 0.216 e. The number of Topliss-reactive ketones (excluding diaryl/α,β-unsaturated/α-hetero) is 1. The van der Waals surface area contributed by atoms with E-state index in [2.05, 4.69) is 0 Å². The molecule has 14 heavy (non-hydrogen) atoms. The van der Waals surface area contributed by atoms with Crippen molar-refractivity contribution in [2.75, 3.05) is 7.05 Å². The van der Waals surface area contributed by atoms with Gasteiger partial charge >= 0.3 is 0 Å². The molecule has 1 aliphatic heterocycles. The minimum absolute atomic E-state index is 0.363. The third kappa shape index (κ3) is 1.26. The number of rotatable bonds is 2. The van der Waals surface area contributed by atoms with Crippen LogP contribution in [0.2, 0.25) is 0 Å². The van der Waals surface area contributed by atoms with E-state index in [1.807, 2.05) is 36.2 Å². The number of nitrogens with zero attached hydrogens (tertiary/aromatic N) is 1. The van der Waals surface area contributed by atoms with Gasteiger partial charge in [-0.2, -0.15) is 0 Å². The molecule has 0 N–H and O–H groups in total. The van der Waals surface area contributed by atoms with Crippen LogP contribution in [-0.2, 0) is 16.1 Å². The van der Waals surface area contributed by atoms with Crippen LogP contribution in [0.5, 0.6) is 0 Å². The summed E-state index contributed by atoms with van der Waals surface area (Å²) in [4.78, 5) is 23.7. The van der Waals surface area contributed by atoms with Gasteiger partial charge in [0.2, 0.25) is 5.78 Å². The highest BCUT2D eigenvalue weighted by Crippen LogP contribution is 2.31. The molecule has 0 aliphatic carbocycles. The predicted octanol–water partition coefficient (Wildman–Crippen LogP) is 0.941. The van der Waals surface area contributed by atoms with Gasteiger partial charge in [0.1, 0.15) is 6.04 Å². The molecule has 1 aromatic rings. The normalized spacial score (nSPS) is 20.5. The van der Waals surface area contributed by atoms with Crippen molar-refractivity contribution < 1.29 is 9.59 Å². The van der Waals surface area contributed by atoms with E-state index < -0.39 is 0 Å². The van der Waals surface area contributed by atoms with E-state index in [1.54, 1.807) is 0 Å². The van der Waals surface area contributed by atoms with Crippen molar-refractivity contribution in [1.82, 2.24) is 4.90 Å². The van der Waals surface area contributed by atoms with Crippen molar-refractivity contribution in [2.24, 2.45) is 0 Å². The number of carbonyl (C=O) groups excluding carboxylic acids is 2. The summed E-state index contributed by atoms with van der Waals surface area (Å²) in [5.74, 6) is -0.363. The number of hydrogen-bond acceptors (Lipinski definition) is 3.